The molecule has 0 spiro atoms. The molecule has 1 aliphatic rings. The first-order valence-corrected chi connectivity index (χ1v) is 9.11. The van der Waals surface area contributed by atoms with Crippen LogP contribution in [0.2, 0.25) is 0 Å². The molecule has 1 saturated carbocycles. The molecule has 5 N–H and O–H groups in total. The van der Waals surface area contributed by atoms with Crippen LogP contribution in [0.15, 0.2) is 0 Å². The van der Waals surface area contributed by atoms with E-state index in [9.17, 15) is 0 Å². The van der Waals surface area contributed by atoms with Crippen LogP contribution in [0, 0.1) is 11.8 Å². The molecule has 22 heavy (non-hydrogen) atoms. The van der Waals surface area contributed by atoms with Crippen LogP contribution in [0.25, 0.3) is 0 Å². The Balaban J connectivity index is 2.15. The molecule has 128 valence electrons. The predicted octanol–water partition coefficient (Wildman–Crippen LogP) is 0.189. The van der Waals surface area contributed by atoms with Crippen LogP contribution in [0.1, 0.15) is 39.5 Å². The van der Waals surface area contributed by atoms with E-state index in [4.69, 9.17) is 24.4 Å². The van der Waals surface area contributed by atoms with E-state index >= 15 is 0 Å². The molecule has 1 aliphatic carbocycles. The molecule has 0 aromatic heterocycles. The van der Waals surface area contributed by atoms with E-state index < -0.39 is 0 Å². The molecule has 7 heteroatoms. The van der Waals surface area contributed by atoms with E-state index in [1.165, 1.54) is 24.2 Å². The lowest BCUT2D eigenvalue weighted by Gasteiger charge is -2.35. The summed E-state index contributed by atoms with van der Waals surface area (Å²) in [5, 5.41) is 7.78. The zero-order valence-electron chi connectivity index (χ0n) is 14.3. The monoisotopic (exact) mass is 346 g/mol. The minimum absolute atomic E-state index is 0.454. The Labute approximate surface area is 145 Å². The summed E-state index contributed by atoms with van der Waals surface area (Å²) in [7, 11) is 4.30. The Morgan fingerprint density at radius 1 is 1.09 bits per heavy atom. The Morgan fingerprint density at radius 3 is 2.45 bits per heavy atom. The van der Waals surface area contributed by atoms with Gasteiger partial charge in [0.15, 0.2) is 10.2 Å². The highest BCUT2D eigenvalue weighted by atomic mass is 32.1. The summed E-state index contributed by atoms with van der Waals surface area (Å²) in [4.78, 5) is 1.44. The van der Waals surface area contributed by atoms with Crippen molar-refractivity contribution >= 4 is 34.7 Å². The van der Waals surface area contributed by atoms with Crippen LogP contribution in [-0.4, -0.2) is 43.5 Å². The van der Waals surface area contributed by atoms with Crippen LogP contribution >= 0.6 is 24.4 Å². The summed E-state index contributed by atoms with van der Waals surface area (Å²) >= 11 is 10.6. The lowest BCUT2D eigenvalue weighted by molar-refractivity contribution is -0.858. The fraction of sp³-hybridized carbons (Fsp3) is 0.867. The SMILES string of the molecule is C[C@H]1[C@@H](NC(=S)NNC(=S)NCCC[NH+](C)C)CCC[C@@H]1C. The second-order valence-corrected chi connectivity index (χ2v) is 7.48. The van der Waals surface area contributed by atoms with E-state index in [2.05, 4.69) is 49.4 Å². The van der Waals surface area contributed by atoms with Crippen molar-refractivity contribution in [1.82, 2.24) is 21.5 Å². The molecule has 0 unspecified atom stereocenters. The van der Waals surface area contributed by atoms with E-state index in [0.29, 0.717) is 22.2 Å². The highest BCUT2D eigenvalue weighted by Gasteiger charge is 2.27. The zero-order chi connectivity index (χ0) is 16.5. The minimum Gasteiger partial charge on any atom is -0.361 e. The summed E-state index contributed by atoms with van der Waals surface area (Å²) in [5.41, 5.74) is 5.92. The van der Waals surface area contributed by atoms with Crippen molar-refractivity contribution < 1.29 is 4.90 Å². The van der Waals surface area contributed by atoms with E-state index in [-0.39, 0.29) is 0 Å². The third-order valence-electron chi connectivity index (χ3n) is 4.45. The highest BCUT2D eigenvalue weighted by Crippen LogP contribution is 2.29. The molecule has 0 amide bonds. The molecule has 5 nitrogen and oxygen atoms in total. The largest absolute Gasteiger partial charge is 0.361 e. The number of rotatable bonds is 5. The van der Waals surface area contributed by atoms with Crippen LogP contribution in [0.5, 0.6) is 0 Å². The predicted molar refractivity (Wildman–Crippen MR) is 101 cm³/mol. The number of thiocarbonyl (C=S) groups is 2. The maximum Gasteiger partial charge on any atom is 0.185 e. The molecule has 0 radical (unpaired) electrons. The quantitative estimate of drug-likeness (QED) is 0.278. The van der Waals surface area contributed by atoms with Gasteiger partial charge in [0.05, 0.1) is 20.6 Å². The van der Waals surface area contributed by atoms with Crippen molar-refractivity contribution in [3.8, 4) is 0 Å². The van der Waals surface area contributed by atoms with Gasteiger partial charge in [0.25, 0.3) is 0 Å². The third kappa shape index (κ3) is 7.56. The maximum atomic E-state index is 5.34. The van der Waals surface area contributed by atoms with E-state index in [1.54, 1.807) is 0 Å². The molecular formula is C15H32N5S2+. The Bertz CT molecular complexity index is 362. The van der Waals surface area contributed by atoms with Gasteiger partial charge in [-0.2, -0.15) is 0 Å². The van der Waals surface area contributed by atoms with Crippen LogP contribution < -0.4 is 26.4 Å². The van der Waals surface area contributed by atoms with Crippen molar-refractivity contribution in [2.45, 2.75) is 45.6 Å². The van der Waals surface area contributed by atoms with Crippen LogP contribution in [0.3, 0.4) is 0 Å². The highest BCUT2D eigenvalue weighted by molar-refractivity contribution is 7.80. The van der Waals surface area contributed by atoms with Crippen molar-refractivity contribution in [1.29, 1.82) is 0 Å². The summed E-state index contributed by atoms with van der Waals surface area (Å²) in [6, 6.07) is 0.454. The fourth-order valence-electron chi connectivity index (χ4n) is 2.79. The van der Waals surface area contributed by atoms with Crippen molar-refractivity contribution in [2.75, 3.05) is 27.2 Å². The smallest absolute Gasteiger partial charge is 0.185 e. The topological polar surface area (TPSA) is 52.6 Å². The molecule has 0 heterocycles. The first-order chi connectivity index (χ1) is 10.4. The van der Waals surface area contributed by atoms with Gasteiger partial charge in [0.1, 0.15) is 0 Å². The lowest BCUT2D eigenvalue weighted by atomic mass is 9.78. The van der Waals surface area contributed by atoms with Crippen molar-refractivity contribution in [2.24, 2.45) is 11.8 Å². The third-order valence-corrected chi connectivity index (χ3v) is 4.92. The standard InChI is InChI=1S/C15H31N5S2/c1-11-7-5-8-13(12(11)2)17-15(22)19-18-14(21)16-9-6-10-20(3)4/h11-13H,5-10H2,1-4H3,(H2,16,18,21)(H2,17,19,22)/p+1/t11-,12+,13-/m0/s1. The van der Waals surface area contributed by atoms with Crippen molar-refractivity contribution in [3.05, 3.63) is 0 Å². The van der Waals surface area contributed by atoms with Crippen molar-refractivity contribution in [3.63, 3.8) is 0 Å². The van der Waals surface area contributed by atoms with Gasteiger partial charge in [0, 0.05) is 19.0 Å². The number of hydrogen-bond acceptors (Lipinski definition) is 2. The van der Waals surface area contributed by atoms with E-state index in [1.807, 2.05) is 0 Å². The molecule has 0 aromatic carbocycles. The second-order valence-electron chi connectivity index (χ2n) is 6.66. The molecule has 0 aliphatic heterocycles. The van der Waals surface area contributed by atoms with Gasteiger partial charge in [-0.05, 0) is 42.7 Å². The molecule has 0 aromatic rings. The van der Waals surface area contributed by atoms with Gasteiger partial charge < -0.3 is 15.5 Å². The van der Waals surface area contributed by atoms with Crippen LogP contribution in [-0.2, 0) is 0 Å². The van der Waals surface area contributed by atoms with Gasteiger partial charge in [-0.3, -0.25) is 10.9 Å². The zero-order valence-corrected chi connectivity index (χ0v) is 15.9. The number of nitrogens with one attached hydrogen (secondary N) is 5. The molecule has 0 saturated heterocycles. The van der Waals surface area contributed by atoms with Gasteiger partial charge in [-0.15, -0.1) is 0 Å². The average Bonchev–Trinajstić information content (AvgIpc) is 2.46. The van der Waals surface area contributed by atoms with E-state index in [0.717, 1.165) is 25.4 Å². The maximum absolute atomic E-state index is 5.34. The summed E-state index contributed by atoms with van der Waals surface area (Å²) < 4.78 is 0. The second kappa shape index (κ2) is 10.2. The Kier molecular flexibility index (Phi) is 8.97. The van der Waals surface area contributed by atoms with Gasteiger partial charge in [-0.25, -0.2) is 0 Å². The molecule has 3 atom stereocenters. The first kappa shape index (κ1) is 19.4. The van der Waals surface area contributed by atoms with Crippen LogP contribution in [0.4, 0.5) is 0 Å². The first-order valence-electron chi connectivity index (χ1n) is 8.29. The summed E-state index contributed by atoms with van der Waals surface area (Å²) in [5.74, 6) is 1.40. The number of hydrazine groups is 1. The fourth-order valence-corrected chi connectivity index (χ4v) is 3.15. The van der Waals surface area contributed by atoms with Gasteiger partial charge >= 0.3 is 0 Å². The Morgan fingerprint density at radius 2 is 1.77 bits per heavy atom. The lowest BCUT2D eigenvalue weighted by Crippen LogP contribution is -3.05. The summed E-state index contributed by atoms with van der Waals surface area (Å²) in [6.07, 6.45) is 4.86. The number of quaternary nitrogens is 1. The minimum atomic E-state index is 0.454. The van der Waals surface area contributed by atoms with Gasteiger partial charge in [-0.1, -0.05) is 26.7 Å². The molecule has 1 rings (SSSR count). The average molecular weight is 347 g/mol. The van der Waals surface area contributed by atoms with Gasteiger partial charge in [0.2, 0.25) is 0 Å². The number of hydrogen-bond donors (Lipinski definition) is 5. The normalized spacial score (nSPS) is 24.7. The molecule has 1 fully saturated rings. The molecule has 0 bridgehead atoms. The Hall–Kier alpha value is -0.660. The summed E-state index contributed by atoms with van der Waals surface area (Å²) in [6.45, 7) is 6.62. The molecular weight excluding hydrogens is 314 g/mol.